The van der Waals surface area contributed by atoms with Crippen LogP contribution in [0.25, 0.3) is 0 Å². The summed E-state index contributed by atoms with van der Waals surface area (Å²) in [5.41, 5.74) is 1.10. The highest BCUT2D eigenvalue weighted by Crippen LogP contribution is 2.22. The minimum Gasteiger partial charge on any atom is -0.373 e. The number of nitrogens with one attached hydrogen (secondary N) is 2. The van der Waals surface area contributed by atoms with Crippen LogP contribution < -0.4 is 10.6 Å². The van der Waals surface area contributed by atoms with Crippen molar-refractivity contribution in [2.45, 2.75) is 39.5 Å². The van der Waals surface area contributed by atoms with Gasteiger partial charge in [-0.3, -0.25) is 0 Å². The molecule has 2 heterocycles. The molecule has 0 amide bonds. The van der Waals surface area contributed by atoms with E-state index in [1.165, 1.54) is 25.9 Å². The molecule has 2 N–H and O–H groups in total. The number of nitrogens with zero attached hydrogens (tertiary/aromatic N) is 3. The summed E-state index contributed by atoms with van der Waals surface area (Å²) in [5, 5.41) is 6.64. The summed E-state index contributed by atoms with van der Waals surface area (Å²) in [5.74, 6) is 3.12. The van der Waals surface area contributed by atoms with Crippen molar-refractivity contribution >= 4 is 11.6 Å². The summed E-state index contributed by atoms with van der Waals surface area (Å²) < 4.78 is 0. The molecule has 2 rings (SSSR count). The van der Waals surface area contributed by atoms with Crippen molar-refractivity contribution < 1.29 is 0 Å². The maximum atomic E-state index is 4.66. The Hall–Kier alpha value is -1.36. The van der Waals surface area contributed by atoms with Gasteiger partial charge in [-0.05, 0) is 32.9 Å². The van der Waals surface area contributed by atoms with Crippen LogP contribution in [0.1, 0.15) is 44.0 Å². The van der Waals surface area contributed by atoms with Crippen LogP contribution in [0.3, 0.4) is 0 Å². The normalized spacial score (nSPS) is 15.8. The van der Waals surface area contributed by atoms with Crippen molar-refractivity contribution in [2.24, 2.45) is 0 Å². The Bertz CT molecular complexity index is 438. The molecule has 0 aromatic carbocycles. The van der Waals surface area contributed by atoms with Crippen LogP contribution in [-0.2, 0) is 0 Å². The molecule has 0 bridgehead atoms. The van der Waals surface area contributed by atoms with Gasteiger partial charge in [-0.1, -0.05) is 13.8 Å². The quantitative estimate of drug-likeness (QED) is 0.836. The SMILES string of the molecule is CNc1nc(C(C)C)nc(NCCN2CCCC2)c1C. The van der Waals surface area contributed by atoms with E-state index in [0.29, 0.717) is 5.92 Å². The number of hydrogen-bond donors (Lipinski definition) is 2. The van der Waals surface area contributed by atoms with Crippen LogP contribution in [0.4, 0.5) is 11.6 Å². The first kappa shape index (κ1) is 15.0. The summed E-state index contributed by atoms with van der Waals surface area (Å²) in [4.78, 5) is 11.7. The van der Waals surface area contributed by atoms with Gasteiger partial charge in [-0.2, -0.15) is 0 Å². The third-order valence-electron chi connectivity index (χ3n) is 3.84. The topological polar surface area (TPSA) is 53.1 Å². The molecule has 20 heavy (non-hydrogen) atoms. The van der Waals surface area contributed by atoms with E-state index in [2.05, 4.69) is 46.3 Å². The Labute approximate surface area is 122 Å². The molecule has 1 aromatic heterocycles. The fraction of sp³-hybridized carbons (Fsp3) is 0.733. The Kier molecular flexibility index (Phi) is 5.17. The molecule has 1 aromatic rings. The average Bonchev–Trinajstić information content (AvgIpc) is 2.93. The van der Waals surface area contributed by atoms with E-state index in [9.17, 15) is 0 Å². The second-order valence-electron chi connectivity index (χ2n) is 5.78. The van der Waals surface area contributed by atoms with E-state index in [4.69, 9.17) is 0 Å². The highest BCUT2D eigenvalue weighted by atomic mass is 15.2. The van der Waals surface area contributed by atoms with Gasteiger partial charge in [0.05, 0.1) is 0 Å². The molecule has 1 aliphatic rings. The maximum Gasteiger partial charge on any atom is 0.135 e. The molecule has 5 heteroatoms. The lowest BCUT2D eigenvalue weighted by atomic mass is 10.2. The number of hydrogen-bond acceptors (Lipinski definition) is 5. The lowest BCUT2D eigenvalue weighted by Crippen LogP contribution is -2.26. The molecule has 0 unspecified atom stereocenters. The monoisotopic (exact) mass is 277 g/mol. The number of anilines is 2. The van der Waals surface area contributed by atoms with E-state index in [1.807, 2.05) is 7.05 Å². The molecule has 112 valence electrons. The Balaban J connectivity index is 2.03. The van der Waals surface area contributed by atoms with Crippen LogP contribution in [0.15, 0.2) is 0 Å². The van der Waals surface area contributed by atoms with Crippen LogP contribution >= 0.6 is 0 Å². The molecule has 5 nitrogen and oxygen atoms in total. The van der Waals surface area contributed by atoms with E-state index < -0.39 is 0 Å². The molecule has 1 saturated heterocycles. The molecule has 0 radical (unpaired) electrons. The van der Waals surface area contributed by atoms with Crippen LogP contribution in [0, 0.1) is 6.92 Å². The van der Waals surface area contributed by atoms with Gasteiger partial charge in [0.15, 0.2) is 0 Å². The molecule has 0 atom stereocenters. The van der Waals surface area contributed by atoms with E-state index in [1.54, 1.807) is 0 Å². The van der Waals surface area contributed by atoms with Crippen molar-refractivity contribution in [1.29, 1.82) is 0 Å². The number of aromatic nitrogens is 2. The molecule has 1 fully saturated rings. The smallest absolute Gasteiger partial charge is 0.135 e. The van der Waals surface area contributed by atoms with E-state index in [0.717, 1.165) is 36.1 Å². The third kappa shape index (κ3) is 3.60. The average molecular weight is 277 g/mol. The van der Waals surface area contributed by atoms with Gasteiger partial charge in [-0.15, -0.1) is 0 Å². The molecular formula is C15H27N5. The van der Waals surface area contributed by atoms with E-state index >= 15 is 0 Å². The Morgan fingerprint density at radius 1 is 1.15 bits per heavy atom. The summed E-state index contributed by atoms with van der Waals surface area (Å²) in [6.45, 7) is 10.8. The zero-order valence-electron chi connectivity index (χ0n) is 13.2. The second kappa shape index (κ2) is 6.88. The Morgan fingerprint density at radius 3 is 2.40 bits per heavy atom. The number of likely N-dealkylation sites (tertiary alicyclic amines) is 1. The molecular weight excluding hydrogens is 250 g/mol. The predicted octanol–water partition coefficient (Wildman–Crippen LogP) is 2.46. The van der Waals surface area contributed by atoms with Crippen LogP contribution in [-0.4, -0.2) is 48.1 Å². The van der Waals surface area contributed by atoms with Gasteiger partial charge in [0, 0.05) is 31.6 Å². The Morgan fingerprint density at radius 2 is 1.80 bits per heavy atom. The summed E-state index contributed by atoms with van der Waals surface area (Å²) in [6, 6.07) is 0. The lowest BCUT2D eigenvalue weighted by molar-refractivity contribution is 0.352. The van der Waals surface area contributed by atoms with Crippen molar-refractivity contribution in [3.8, 4) is 0 Å². The highest BCUT2D eigenvalue weighted by molar-refractivity contribution is 5.57. The lowest BCUT2D eigenvalue weighted by Gasteiger charge is -2.18. The van der Waals surface area contributed by atoms with Gasteiger partial charge < -0.3 is 15.5 Å². The first-order chi connectivity index (χ1) is 9.61. The highest BCUT2D eigenvalue weighted by Gasteiger charge is 2.14. The minimum atomic E-state index is 0.335. The largest absolute Gasteiger partial charge is 0.373 e. The fourth-order valence-electron chi connectivity index (χ4n) is 2.55. The van der Waals surface area contributed by atoms with Crippen molar-refractivity contribution in [2.75, 3.05) is 43.9 Å². The van der Waals surface area contributed by atoms with Gasteiger partial charge in [0.25, 0.3) is 0 Å². The standard InChI is InChI=1S/C15H27N5/c1-11(2)13-18-14(16-4)12(3)15(19-13)17-7-10-20-8-5-6-9-20/h11H,5-10H2,1-4H3,(H2,16,17,18,19). The van der Waals surface area contributed by atoms with Gasteiger partial charge in [0.2, 0.25) is 0 Å². The fourth-order valence-corrected chi connectivity index (χ4v) is 2.55. The van der Waals surface area contributed by atoms with Crippen molar-refractivity contribution in [3.05, 3.63) is 11.4 Å². The van der Waals surface area contributed by atoms with Crippen molar-refractivity contribution in [3.63, 3.8) is 0 Å². The van der Waals surface area contributed by atoms with Gasteiger partial charge >= 0.3 is 0 Å². The first-order valence-corrected chi connectivity index (χ1v) is 7.64. The molecule has 1 aliphatic heterocycles. The van der Waals surface area contributed by atoms with Crippen LogP contribution in [0.2, 0.25) is 0 Å². The molecule has 0 saturated carbocycles. The van der Waals surface area contributed by atoms with Gasteiger partial charge in [-0.25, -0.2) is 9.97 Å². The zero-order chi connectivity index (χ0) is 14.5. The zero-order valence-corrected chi connectivity index (χ0v) is 13.2. The maximum absolute atomic E-state index is 4.66. The summed E-state index contributed by atoms with van der Waals surface area (Å²) in [7, 11) is 1.91. The van der Waals surface area contributed by atoms with Crippen molar-refractivity contribution in [1.82, 2.24) is 14.9 Å². The van der Waals surface area contributed by atoms with Crippen LogP contribution in [0.5, 0.6) is 0 Å². The molecule has 0 spiro atoms. The first-order valence-electron chi connectivity index (χ1n) is 7.64. The summed E-state index contributed by atoms with van der Waals surface area (Å²) >= 11 is 0. The minimum absolute atomic E-state index is 0.335. The van der Waals surface area contributed by atoms with E-state index in [-0.39, 0.29) is 0 Å². The molecule has 0 aliphatic carbocycles. The second-order valence-corrected chi connectivity index (χ2v) is 5.78. The summed E-state index contributed by atoms with van der Waals surface area (Å²) in [6.07, 6.45) is 2.68. The third-order valence-corrected chi connectivity index (χ3v) is 3.84. The van der Waals surface area contributed by atoms with Gasteiger partial charge in [0.1, 0.15) is 17.5 Å². The number of rotatable bonds is 6. The predicted molar refractivity (Wildman–Crippen MR) is 84.6 cm³/mol.